The first-order valence-electron chi connectivity index (χ1n) is 11.1. The number of rotatable bonds is 9. The zero-order valence-electron chi connectivity index (χ0n) is 18.7. The Hall–Kier alpha value is -2.91. The molecular weight excluding hydrogens is 411 g/mol. The number of unbranched alkanes of at least 4 members (excludes halogenated alkanes) is 2. The molecule has 0 saturated carbocycles. The van der Waals surface area contributed by atoms with E-state index in [9.17, 15) is 0 Å². The van der Waals surface area contributed by atoms with Crippen molar-refractivity contribution in [2.24, 2.45) is 0 Å². The van der Waals surface area contributed by atoms with Gasteiger partial charge in [0.1, 0.15) is 17.2 Å². The monoisotopic (exact) mass is 442 g/mol. The lowest BCUT2D eigenvalue weighted by Gasteiger charge is -2.34. The Balaban J connectivity index is 1.54. The molecule has 0 spiro atoms. The lowest BCUT2D eigenvalue weighted by molar-refractivity contribution is 0.282. The number of hydrogen-bond acceptors (Lipinski definition) is 7. The molecule has 172 valence electrons. The summed E-state index contributed by atoms with van der Waals surface area (Å²) >= 11 is 0. The normalized spacial score (nSPS) is 14.8. The number of hydrogen-bond donors (Lipinski definition) is 2. The summed E-state index contributed by atoms with van der Waals surface area (Å²) in [7, 11) is 3.65. The van der Waals surface area contributed by atoms with Crippen molar-refractivity contribution in [3.05, 3.63) is 36.4 Å². The van der Waals surface area contributed by atoms with Crippen molar-refractivity contribution < 1.29 is 14.2 Å². The van der Waals surface area contributed by atoms with Gasteiger partial charge < -0.3 is 29.5 Å². The predicted octanol–water partition coefficient (Wildman–Crippen LogP) is 3.24. The Morgan fingerprint density at radius 2 is 1.97 bits per heavy atom. The summed E-state index contributed by atoms with van der Waals surface area (Å²) in [6, 6.07) is 5.18. The summed E-state index contributed by atoms with van der Waals surface area (Å²) in [4.78, 5) is 13.3. The van der Waals surface area contributed by atoms with Gasteiger partial charge in [-0.1, -0.05) is 0 Å². The number of likely N-dealkylation sites (N-methyl/N-ethyl adjacent to an activating group) is 1. The van der Waals surface area contributed by atoms with Crippen LogP contribution in [0.2, 0.25) is 0 Å². The molecule has 0 aliphatic carbocycles. The van der Waals surface area contributed by atoms with E-state index in [0.717, 1.165) is 63.0 Å². The van der Waals surface area contributed by atoms with Crippen LogP contribution in [0.15, 0.2) is 30.6 Å². The highest BCUT2D eigenvalue weighted by molar-refractivity contribution is 5.77. The number of aryl methyl sites for hydroxylation is 1. The van der Waals surface area contributed by atoms with E-state index in [2.05, 4.69) is 31.8 Å². The number of piperazine rings is 1. The molecule has 1 saturated heterocycles. The fraction of sp³-hybridized carbons (Fsp3) is 0.478. The minimum atomic E-state index is -0.300. The molecule has 2 aromatic heterocycles. The van der Waals surface area contributed by atoms with Crippen LogP contribution in [0.1, 0.15) is 19.3 Å². The van der Waals surface area contributed by atoms with Crippen molar-refractivity contribution in [2.75, 3.05) is 57.2 Å². The van der Waals surface area contributed by atoms with Gasteiger partial charge in [0, 0.05) is 69.2 Å². The molecule has 9 heteroatoms. The molecule has 1 aromatic carbocycles. The van der Waals surface area contributed by atoms with E-state index < -0.39 is 0 Å². The maximum absolute atomic E-state index is 15.0. The number of aliphatic hydroxyl groups is 1. The molecule has 1 fully saturated rings. The second kappa shape index (κ2) is 10.1. The zero-order valence-corrected chi connectivity index (χ0v) is 18.7. The molecular formula is C23H31FN6O2. The van der Waals surface area contributed by atoms with E-state index in [4.69, 9.17) is 9.84 Å². The molecule has 3 heterocycles. The third-order valence-corrected chi connectivity index (χ3v) is 5.92. The molecule has 1 aliphatic heterocycles. The van der Waals surface area contributed by atoms with Crippen LogP contribution in [0.4, 0.5) is 21.7 Å². The summed E-state index contributed by atoms with van der Waals surface area (Å²) < 4.78 is 22.6. The van der Waals surface area contributed by atoms with Gasteiger partial charge in [0.2, 0.25) is 5.95 Å². The number of ether oxygens (including phenoxy) is 1. The van der Waals surface area contributed by atoms with Crippen LogP contribution in [0.5, 0.6) is 5.75 Å². The highest BCUT2D eigenvalue weighted by atomic mass is 19.1. The quantitative estimate of drug-likeness (QED) is 0.493. The third-order valence-electron chi connectivity index (χ3n) is 5.92. The van der Waals surface area contributed by atoms with Gasteiger partial charge in [-0.3, -0.25) is 0 Å². The molecule has 0 amide bonds. The average molecular weight is 443 g/mol. The third kappa shape index (κ3) is 4.94. The van der Waals surface area contributed by atoms with E-state index in [1.54, 1.807) is 19.4 Å². The topological polar surface area (TPSA) is 78.7 Å². The van der Waals surface area contributed by atoms with E-state index in [-0.39, 0.29) is 12.4 Å². The average Bonchev–Trinajstić information content (AvgIpc) is 3.20. The van der Waals surface area contributed by atoms with Crippen LogP contribution in [0, 0.1) is 5.82 Å². The molecule has 0 bridgehead atoms. The van der Waals surface area contributed by atoms with Gasteiger partial charge in [0.15, 0.2) is 0 Å². The number of nitrogens with one attached hydrogen (secondary N) is 1. The minimum absolute atomic E-state index is 0.217. The summed E-state index contributed by atoms with van der Waals surface area (Å²) in [6.45, 7) is 4.38. The number of halogens is 1. The van der Waals surface area contributed by atoms with Crippen LogP contribution in [-0.4, -0.2) is 71.5 Å². The molecule has 2 N–H and O–H groups in total. The van der Waals surface area contributed by atoms with Crippen molar-refractivity contribution in [3.63, 3.8) is 0 Å². The summed E-state index contributed by atoms with van der Waals surface area (Å²) in [5, 5.41) is 13.0. The standard InChI is InChI=1S/C23H31FN6O2/c1-28-9-11-29(12-10-28)20-15-21(32-2)19(14-18(20)24)26-23-25-16-17-6-8-30(22(17)27-23)7-4-3-5-13-31/h6,8,14-16,31H,3-5,7,9-13H2,1-2H3,(H,25,26,27). The first-order valence-corrected chi connectivity index (χ1v) is 11.1. The van der Waals surface area contributed by atoms with Crippen LogP contribution < -0.4 is 15.0 Å². The highest BCUT2D eigenvalue weighted by Crippen LogP contribution is 2.34. The Morgan fingerprint density at radius 1 is 1.16 bits per heavy atom. The van der Waals surface area contributed by atoms with Crippen LogP contribution in [0.3, 0.4) is 0 Å². The summed E-state index contributed by atoms with van der Waals surface area (Å²) in [5.74, 6) is 0.632. The van der Waals surface area contributed by atoms with Gasteiger partial charge in [0.05, 0.1) is 18.5 Å². The van der Waals surface area contributed by atoms with Gasteiger partial charge in [0.25, 0.3) is 0 Å². The molecule has 0 atom stereocenters. The zero-order chi connectivity index (χ0) is 22.5. The SMILES string of the molecule is COc1cc(N2CCN(C)CC2)c(F)cc1Nc1ncc2ccn(CCCCCO)c2n1. The van der Waals surface area contributed by atoms with Crippen LogP contribution in [0.25, 0.3) is 11.0 Å². The number of methoxy groups -OCH3 is 1. The number of benzene rings is 1. The molecule has 0 radical (unpaired) electrons. The summed E-state index contributed by atoms with van der Waals surface area (Å²) in [6.07, 6.45) is 6.48. The van der Waals surface area contributed by atoms with E-state index >= 15 is 4.39 Å². The molecule has 4 rings (SSSR count). The molecule has 3 aromatic rings. The lowest BCUT2D eigenvalue weighted by Crippen LogP contribution is -2.44. The molecule has 32 heavy (non-hydrogen) atoms. The van der Waals surface area contributed by atoms with Gasteiger partial charge in [-0.15, -0.1) is 0 Å². The van der Waals surface area contributed by atoms with Crippen LogP contribution >= 0.6 is 0 Å². The van der Waals surface area contributed by atoms with Crippen LogP contribution in [-0.2, 0) is 6.54 Å². The maximum Gasteiger partial charge on any atom is 0.229 e. The Labute approximate surface area is 187 Å². The number of anilines is 3. The molecule has 1 aliphatic rings. The number of fused-ring (bicyclic) bond motifs is 1. The van der Waals surface area contributed by atoms with Crippen molar-refractivity contribution in [1.82, 2.24) is 19.4 Å². The number of aromatic nitrogens is 3. The minimum Gasteiger partial charge on any atom is -0.494 e. The lowest BCUT2D eigenvalue weighted by atomic mass is 10.2. The van der Waals surface area contributed by atoms with E-state index in [1.807, 2.05) is 17.2 Å². The predicted molar refractivity (Wildman–Crippen MR) is 124 cm³/mol. The Morgan fingerprint density at radius 3 is 2.72 bits per heavy atom. The van der Waals surface area contributed by atoms with Crippen molar-refractivity contribution >= 4 is 28.4 Å². The first-order chi connectivity index (χ1) is 15.6. The summed E-state index contributed by atoms with van der Waals surface area (Å²) in [5.41, 5.74) is 1.86. The van der Waals surface area contributed by atoms with E-state index in [1.165, 1.54) is 6.07 Å². The van der Waals surface area contributed by atoms with E-state index in [0.29, 0.717) is 23.1 Å². The number of aliphatic hydroxyl groups excluding tert-OH is 1. The Bertz CT molecular complexity index is 1050. The molecule has 8 nitrogen and oxygen atoms in total. The fourth-order valence-corrected chi connectivity index (χ4v) is 4.00. The van der Waals surface area contributed by atoms with Gasteiger partial charge in [-0.2, -0.15) is 4.98 Å². The fourth-order valence-electron chi connectivity index (χ4n) is 4.00. The Kier molecular flexibility index (Phi) is 7.06. The van der Waals surface area contributed by atoms with Crippen molar-refractivity contribution in [1.29, 1.82) is 0 Å². The largest absolute Gasteiger partial charge is 0.494 e. The number of nitrogens with zero attached hydrogens (tertiary/aromatic N) is 5. The van der Waals surface area contributed by atoms with Crippen molar-refractivity contribution in [3.8, 4) is 5.75 Å². The highest BCUT2D eigenvalue weighted by Gasteiger charge is 2.20. The van der Waals surface area contributed by atoms with Gasteiger partial charge in [-0.25, -0.2) is 9.37 Å². The van der Waals surface area contributed by atoms with Crippen molar-refractivity contribution in [2.45, 2.75) is 25.8 Å². The van der Waals surface area contributed by atoms with Gasteiger partial charge >= 0.3 is 0 Å². The van der Waals surface area contributed by atoms with Gasteiger partial charge in [-0.05, 0) is 32.4 Å². The maximum atomic E-state index is 15.0. The second-order valence-corrected chi connectivity index (χ2v) is 8.19. The first kappa shape index (κ1) is 22.3. The second-order valence-electron chi connectivity index (χ2n) is 8.19. The smallest absolute Gasteiger partial charge is 0.229 e. The molecule has 0 unspecified atom stereocenters.